The summed E-state index contributed by atoms with van der Waals surface area (Å²) >= 11 is 4.63. The van der Waals surface area contributed by atoms with Gasteiger partial charge in [0, 0.05) is 14.9 Å². The first kappa shape index (κ1) is 12.0. The molecular formula is C10H8BrN3O2S. The van der Waals surface area contributed by atoms with Crippen molar-refractivity contribution in [3.8, 4) is 0 Å². The Morgan fingerprint density at radius 3 is 3.00 bits per heavy atom. The topological polar surface area (TPSA) is 84.6 Å². The monoisotopic (exact) mass is 313 g/mol. The number of nitrogens with two attached hydrogens (primary N) is 1. The van der Waals surface area contributed by atoms with Gasteiger partial charge in [-0.1, -0.05) is 21.1 Å². The van der Waals surface area contributed by atoms with E-state index in [4.69, 9.17) is 15.4 Å². The molecule has 7 heteroatoms. The van der Waals surface area contributed by atoms with Crippen LogP contribution < -0.4 is 5.73 Å². The lowest BCUT2D eigenvalue weighted by atomic mass is 10.2. The fraction of sp³-hybridized carbons (Fsp3) is 0. The third-order valence-corrected chi connectivity index (χ3v) is 3.38. The third-order valence-electron chi connectivity index (χ3n) is 1.93. The number of benzene rings is 1. The van der Waals surface area contributed by atoms with Crippen LogP contribution in [0.3, 0.4) is 0 Å². The number of oxazole rings is 1. The molecule has 0 aliphatic carbocycles. The maximum absolute atomic E-state index is 8.73. The zero-order valence-electron chi connectivity index (χ0n) is 8.50. The first-order chi connectivity index (χ1) is 8.20. The van der Waals surface area contributed by atoms with Gasteiger partial charge in [-0.2, -0.15) is 0 Å². The van der Waals surface area contributed by atoms with Crippen molar-refractivity contribution >= 4 is 33.5 Å². The largest absolute Gasteiger partial charge is 0.440 e. The van der Waals surface area contributed by atoms with Crippen LogP contribution in [0, 0.1) is 0 Å². The number of amidine groups is 1. The highest BCUT2D eigenvalue weighted by Crippen LogP contribution is 2.30. The van der Waals surface area contributed by atoms with E-state index in [-0.39, 0.29) is 5.84 Å². The number of rotatable bonds is 3. The summed E-state index contributed by atoms with van der Waals surface area (Å²) in [4.78, 5) is 4.80. The molecule has 0 radical (unpaired) electrons. The van der Waals surface area contributed by atoms with E-state index in [9.17, 15) is 0 Å². The van der Waals surface area contributed by atoms with Gasteiger partial charge in [0.15, 0.2) is 5.84 Å². The van der Waals surface area contributed by atoms with Crippen LogP contribution in [0.4, 0.5) is 0 Å². The molecule has 0 fully saturated rings. The van der Waals surface area contributed by atoms with Gasteiger partial charge in [-0.25, -0.2) is 4.98 Å². The predicted octanol–water partition coefficient (Wildman–Crippen LogP) is 2.68. The van der Waals surface area contributed by atoms with Crippen LogP contribution >= 0.6 is 27.7 Å². The van der Waals surface area contributed by atoms with E-state index in [2.05, 4.69) is 26.1 Å². The second-order valence-corrected chi connectivity index (χ2v) is 4.93. The van der Waals surface area contributed by atoms with E-state index < -0.39 is 0 Å². The Labute approximate surface area is 110 Å². The maximum Gasteiger partial charge on any atom is 0.260 e. The summed E-state index contributed by atoms with van der Waals surface area (Å²) in [5, 5.41) is 12.2. The van der Waals surface area contributed by atoms with Crippen LogP contribution in [0.5, 0.6) is 0 Å². The van der Waals surface area contributed by atoms with Gasteiger partial charge < -0.3 is 15.4 Å². The summed E-state index contributed by atoms with van der Waals surface area (Å²) in [6.07, 6.45) is 3.05. The van der Waals surface area contributed by atoms with Crippen molar-refractivity contribution in [3.63, 3.8) is 0 Å². The minimum absolute atomic E-state index is 0.0420. The number of halogens is 1. The van der Waals surface area contributed by atoms with Crippen molar-refractivity contribution in [2.24, 2.45) is 10.9 Å². The second kappa shape index (κ2) is 5.24. The Kier molecular flexibility index (Phi) is 3.70. The molecule has 0 aliphatic rings. The highest BCUT2D eigenvalue weighted by molar-refractivity contribution is 9.10. The lowest BCUT2D eigenvalue weighted by molar-refractivity contribution is 0.318. The summed E-state index contributed by atoms with van der Waals surface area (Å²) in [6.45, 7) is 0. The van der Waals surface area contributed by atoms with E-state index in [1.165, 1.54) is 18.0 Å². The average molecular weight is 314 g/mol. The Morgan fingerprint density at radius 2 is 2.35 bits per heavy atom. The Bertz CT molecular complexity index is 542. The van der Waals surface area contributed by atoms with Crippen LogP contribution in [-0.4, -0.2) is 16.0 Å². The average Bonchev–Trinajstić information content (AvgIpc) is 2.83. The zero-order chi connectivity index (χ0) is 12.3. The van der Waals surface area contributed by atoms with E-state index in [0.717, 1.165) is 9.37 Å². The second-order valence-electron chi connectivity index (χ2n) is 3.03. The fourth-order valence-corrected chi connectivity index (χ4v) is 2.38. The van der Waals surface area contributed by atoms with E-state index in [1.54, 1.807) is 12.3 Å². The molecule has 1 heterocycles. The van der Waals surface area contributed by atoms with Gasteiger partial charge in [-0.15, -0.1) is 0 Å². The molecule has 88 valence electrons. The lowest BCUT2D eigenvalue weighted by Gasteiger charge is -2.06. The molecule has 0 unspecified atom stereocenters. The molecule has 5 nitrogen and oxygen atoms in total. The Morgan fingerprint density at radius 1 is 1.53 bits per heavy atom. The molecule has 0 spiro atoms. The Hall–Kier alpha value is -1.47. The fourth-order valence-electron chi connectivity index (χ4n) is 1.20. The van der Waals surface area contributed by atoms with Crippen molar-refractivity contribution < 1.29 is 9.62 Å². The molecule has 0 amide bonds. The SMILES string of the molecule is N/C(=N/O)c1cc(Br)ccc1Sc1ncco1. The van der Waals surface area contributed by atoms with Crippen LogP contribution in [0.2, 0.25) is 0 Å². The standard InChI is InChI=1S/C10H8BrN3O2S/c11-6-1-2-8(7(5-6)9(12)14-15)17-10-13-3-4-16-10/h1-5,15H,(H2,12,14). The van der Waals surface area contributed by atoms with Gasteiger partial charge in [0.05, 0.1) is 6.20 Å². The summed E-state index contributed by atoms with van der Waals surface area (Å²) in [5.74, 6) is 0.0420. The predicted molar refractivity (Wildman–Crippen MR) is 67.3 cm³/mol. The molecule has 0 saturated heterocycles. The molecule has 2 rings (SSSR count). The molecule has 0 atom stereocenters. The van der Waals surface area contributed by atoms with Gasteiger partial charge in [-0.05, 0) is 30.0 Å². The molecule has 2 aromatic rings. The molecule has 0 aliphatic heterocycles. The highest BCUT2D eigenvalue weighted by atomic mass is 79.9. The van der Waals surface area contributed by atoms with Crippen molar-refractivity contribution in [2.45, 2.75) is 10.1 Å². The number of hydrogen-bond donors (Lipinski definition) is 2. The minimum atomic E-state index is 0.0420. The summed E-state index contributed by atoms with van der Waals surface area (Å²) in [6, 6.07) is 5.46. The van der Waals surface area contributed by atoms with E-state index in [1.807, 2.05) is 12.1 Å². The van der Waals surface area contributed by atoms with Gasteiger partial charge >= 0.3 is 0 Å². The lowest BCUT2D eigenvalue weighted by Crippen LogP contribution is -2.14. The van der Waals surface area contributed by atoms with E-state index >= 15 is 0 Å². The van der Waals surface area contributed by atoms with Crippen LogP contribution in [-0.2, 0) is 0 Å². The minimum Gasteiger partial charge on any atom is -0.440 e. The molecule has 3 N–H and O–H groups in total. The zero-order valence-corrected chi connectivity index (χ0v) is 10.9. The van der Waals surface area contributed by atoms with Gasteiger partial charge in [-0.3, -0.25) is 0 Å². The summed E-state index contributed by atoms with van der Waals surface area (Å²) < 4.78 is 5.98. The van der Waals surface area contributed by atoms with Gasteiger partial charge in [0.25, 0.3) is 5.22 Å². The summed E-state index contributed by atoms with van der Waals surface area (Å²) in [7, 11) is 0. The van der Waals surface area contributed by atoms with E-state index in [0.29, 0.717) is 10.8 Å². The summed E-state index contributed by atoms with van der Waals surface area (Å²) in [5.41, 5.74) is 6.22. The van der Waals surface area contributed by atoms with Crippen molar-refractivity contribution in [1.29, 1.82) is 0 Å². The molecule has 0 saturated carbocycles. The van der Waals surface area contributed by atoms with Crippen LogP contribution in [0.25, 0.3) is 0 Å². The number of nitrogens with zero attached hydrogens (tertiary/aromatic N) is 2. The first-order valence-electron chi connectivity index (χ1n) is 4.55. The highest BCUT2D eigenvalue weighted by Gasteiger charge is 2.11. The van der Waals surface area contributed by atoms with Crippen LogP contribution in [0.15, 0.2) is 54.8 Å². The van der Waals surface area contributed by atoms with Gasteiger partial charge in [0.2, 0.25) is 0 Å². The molecular weight excluding hydrogens is 306 g/mol. The quantitative estimate of drug-likeness (QED) is 0.394. The van der Waals surface area contributed by atoms with Crippen molar-refractivity contribution in [1.82, 2.24) is 4.98 Å². The number of oxime groups is 1. The Balaban J connectivity index is 2.39. The third kappa shape index (κ3) is 2.80. The number of aromatic nitrogens is 1. The van der Waals surface area contributed by atoms with Crippen molar-refractivity contribution in [3.05, 3.63) is 40.7 Å². The van der Waals surface area contributed by atoms with Gasteiger partial charge in [0.1, 0.15) is 6.26 Å². The molecule has 0 bridgehead atoms. The smallest absolute Gasteiger partial charge is 0.260 e. The number of hydrogen-bond acceptors (Lipinski definition) is 5. The van der Waals surface area contributed by atoms with Crippen molar-refractivity contribution in [2.75, 3.05) is 0 Å². The molecule has 17 heavy (non-hydrogen) atoms. The maximum atomic E-state index is 8.73. The molecule has 1 aromatic carbocycles. The normalized spacial score (nSPS) is 11.7. The van der Waals surface area contributed by atoms with Crippen LogP contribution in [0.1, 0.15) is 5.56 Å². The first-order valence-corrected chi connectivity index (χ1v) is 6.16. The molecule has 1 aromatic heterocycles.